The van der Waals surface area contributed by atoms with Gasteiger partial charge in [0.15, 0.2) is 0 Å². The Kier molecular flexibility index (Phi) is 1.55. The van der Waals surface area contributed by atoms with Crippen LogP contribution in [0.5, 0.6) is 0 Å². The molecule has 0 saturated carbocycles. The molecule has 4 nitrogen and oxygen atoms in total. The molecule has 1 aliphatic heterocycles. The maximum atomic E-state index is 11.3. The maximum Gasteiger partial charge on any atom is 0.258 e. The Hall–Kier alpha value is -1.84. The highest BCUT2D eigenvalue weighted by Crippen LogP contribution is 2.17. The molecule has 1 aromatic carbocycles. The first-order chi connectivity index (χ1) is 6.16. The number of hydrogen-bond acceptors (Lipinski definition) is 3. The fraction of sp³-hybridized carbons (Fsp3) is 0.111. The molecule has 2 rings (SSSR count). The third kappa shape index (κ3) is 1.26. The Morgan fingerprint density at radius 3 is 2.85 bits per heavy atom. The number of fused-ring (bicyclic) bond motifs is 1. The van der Waals surface area contributed by atoms with Crippen LogP contribution in [-0.4, -0.2) is 11.8 Å². The lowest BCUT2D eigenvalue weighted by atomic mass is 9.99. The van der Waals surface area contributed by atoms with Crippen molar-refractivity contribution in [2.45, 2.75) is 6.42 Å². The topological polar surface area (TPSA) is 72.2 Å². The number of imide groups is 1. The van der Waals surface area contributed by atoms with Crippen molar-refractivity contribution in [2.75, 3.05) is 5.73 Å². The number of nitrogens with two attached hydrogens (primary N) is 1. The van der Waals surface area contributed by atoms with Gasteiger partial charge >= 0.3 is 0 Å². The van der Waals surface area contributed by atoms with E-state index in [1.165, 1.54) is 0 Å². The minimum atomic E-state index is -0.362. The van der Waals surface area contributed by atoms with Gasteiger partial charge in [-0.3, -0.25) is 14.9 Å². The normalized spacial score (nSPS) is 15.1. The number of nitrogen functional groups attached to an aromatic ring is 1. The summed E-state index contributed by atoms with van der Waals surface area (Å²) in [5, 5.41) is 2.23. The van der Waals surface area contributed by atoms with Gasteiger partial charge in [0.1, 0.15) is 0 Å². The molecule has 1 heterocycles. The maximum absolute atomic E-state index is 11.3. The van der Waals surface area contributed by atoms with Crippen LogP contribution in [0.2, 0.25) is 0 Å². The molecule has 1 aromatic rings. The van der Waals surface area contributed by atoms with E-state index in [0.29, 0.717) is 11.3 Å². The molecule has 66 valence electrons. The first kappa shape index (κ1) is 7.79. The first-order valence-electron chi connectivity index (χ1n) is 3.89. The molecule has 2 amide bonds. The fourth-order valence-electron chi connectivity index (χ4n) is 1.37. The predicted molar refractivity (Wildman–Crippen MR) is 47.0 cm³/mol. The second kappa shape index (κ2) is 2.58. The van der Waals surface area contributed by atoms with Gasteiger partial charge in [0.05, 0.1) is 6.42 Å². The van der Waals surface area contributed by atoms with Crippen molar-refractivity contribution >= 4 is 17.5 Å². The zero-order chi connectivity index (χ0) is 9.42. The van der Waals surface area contributed by atoms with E-state index in [1.54, 1.807) is 18.2 Å². The number of carbonyl (C=O) groups is 2. The fourth-order valence-corrected chi connectivity index (χ4v) is 1.37. The molecule has 0 aromatic heterocycles. The standard InChI is InChI=1S/C9H8N2O2/c10-6-2-1-5-3-8(12)11-9(13)7(5)4-6/h1-2,4H,3,10H2,(H,11,12,13). The molecule has 0 fully saturated rings. The minimum absolute atomic E-state index is 0.251. The summed E-state index contributed by atoms with van der Waals surface area (Å²) < 4.78 is 0. The second-order valence-electron chi connectivity index (χ2n) is 2.97. The van der Waals surface area contributed by atoms with Crippen LogP contribution in [0.25, 0.3) is 0 Å². The monoisotopic (exact) mass is 176 g/mol. The number of rotatable bonds is 0. The summed E-state index contributed by atoms with van der Waals surface area (Å²) >= 11 is 0. The molecule has 0 radical (unpaired) electrons. The number of nitrogens with one attached hydrogen (secondary N) is 1. The smallest absolute Gasteiger partial charge is 0.258 e. The van der Waals surface area contributed by atoms with E-state index in [1.807, 2.05) is 0 Å². The molecular weight excluding hydrogens is 168 g/mol. The van der Waals surface area contributed by atoms with Gasteiger partial charge in [0.2, 0.25) is 5.91 Å². The van der Waals surface area contributed by atoms with E-state index in [2.05, 4.69) is 5.32 Å². The molecule has 1 aliphatic rings. The lowest BCUT2D eigenvalue weighted by Crippen LogP contribution is -2.37. The van der Waals surface area contributed by atoms with Gasteiger partial charge in [-0.05, 0) is 17.7 Å². The van der Waals surface area contributed by atoms with Crippen LogP contribution < -0.4 is 11.1 Å². The third-order valence-corrected chi connectivity index (χ3v) is 1.98. The Morgan fingerprint density at radius 2 is 2.08 bits per heavy atom. The molecule has 0 saturated heterocycles. The molecule has 0 bridgehead atoms. The summed E-state index contributed by atoms with van der Waals surface area (Å²) in [5.41, 5.74) is 7.28. The van der Waals surface area contributed by atoms with Gasteiger partial charge in [-0.1, -0.05) is 6.07 Å². The lowest BCUT2D eigenvalue weighted by molar-refractivity contribution is -0.119. The van der Waals surface area contributed by atoms with Crippen molar-refractivity contribution in [1.82, 2.24) is 5.32 Å². The summed E-state index contributed by atoms with van der Waals surface area (Å²) in [6, 6.07) is 4.98. The zero-order valence-electron chi connectivity index (χ0n) is 6.83. The lowest BCUT2D eigenvalue weighted by Gasteiger charge is -2.14. The summed E-state index contributed by atoms with van der Waals surface area (Å²) in [7, 11) is 0. The summed E-state index contributed by atoms with van der Waals surface area (Å²) in [6.07, 6.45) is 0.251. The first-order valence-corrected chi connectivity index (χ1v) is 3.89. The summed E-state index contributed by atoms with van der Waals surface area (Å²) in [4.78, 5) is 22.2. The van der Waals surface area contributed by atoms with E-state index in [0.717, 1.165) is 5.56 Å². The van der Waals surface area contributed by atoms with Crippen molar-refractivity contribution in [3.8, 4) is 0 Å². The Morgan fingerprint density at radius 1 is 1.31 bits per heavy atom. The van der Waals surface area contributed by atoms with E-state index in [9.17, 15) is 9.59 Å². The van der Waals surface area contributed by atoms with Crippen LogP contribution in [0.4, 0.5) is 5.69 Å². The van der Waals surface area contributed by atoms with E-state index >= 15 is 0 Å². The highest BCUT2D eigenvalue weighted by atomic mass is 16.2. The number of carbonyl (C=O) groups excluding carboxylic acids is 2. The van der Waals surface area contributed by atoms with Crippen LogP contribution in [0, 0.1) is 0 Å². The largest absolute Gasteiger partial charge is 0.399 e. The molecule has 13 heavy (non-hydrogen) atoms. The predicted octanol–water partition coefficient (Wildman–Crippen LogP) is 0.0813. The van der Waals surface area contributed by atoms with Gasteiger partial charge < -0.3 is 5.73 Å². The zero-order valence-corrected chi connectivity index (χ0v) is 6.83. The van der Waals surface area contributed by atoms with Crippen molar-refractivity contribution in [2.24, 2.45) is 0 Å². The van der Waals surface area contributed by atoms with Crippen LogP contribution in [0.1, 0.15) is 15.9 Å². The molecular formula is C9H8N2O2. The molecule has 3 N–H and O–H groups in total. The van der Waals surface area contributed by atoms with Gasteiger partial charge in [0, 0.05) is 11.3 Å². The SMILES string of the molecule is Nc1ccc2c(c1)C(=O)NC(=O)C2. The number of anilines is 1. The molecule has 0 aliphatic carbocycles. The van der Waals surface area contributed by atoms with E-state index in [-0.39, 0.29) is 18.2 Å². The number of amides is 2. The van der Waals surface area contributed by atoms with Crippen LogP contribution in [0.3, 0.4) is 0 Å². The average Bonchev–Trinajstić information content (AvgIpc) is 2.06. The molecule has 4 heteroatoms. The number of hydrogen-bond donors (Lipinski definition) is 2. The van der Waals surface area contributed by atoms with Crippen LogP contribution >= 0.6 is 0 Å². The van der Waals surface area contributed by atoms with Crippen molar-refractivity contribution in [1.29, 1.82) is 0 Å². The van der Waals surface area contributed by atoms with Crippen molar-refractivity contribution < 1.29 is 9.59 Å². The Labute approximate surface area is 74.7 Å². The van der Waals surface area contributed by atoms with Gasteiger partial charge in [-0.15, -0.1) is 0 Å². The van der Waals surface area contributed by atoms with Crippen molar-refractivity contribution in [3.63, 3.8) is 0 Å². The van der Waals surface area contributed by atoms with Gasteiger partial charge in [-0.25, -0.2) is 0 Å². The second-order valence-corrected chi connectivity index (χ2v) is 2.97. The Balaban J connectivity index is 2.55. The van der Waals surface area contributed by atoms with Crippen molar-refractivity contribution in [3.05, 3.63) is 29.3 Å². The van der Waals surface area contributed by atoms with Gasteiger partial charge in [-0.2, -0.15) is 0 Å². The third-order valence-electron chi connectivity index (χ3n) is 1.98. The molecule has 0 atom stereocenters. The quantitative estimate of drug-likeness (QED) is 0.434. The highest BCUT2D eigenvalue weighted by molar-refractivity contribution is 6.10. The number of benzene rings is 1. The summed E-state index contributed by atoms with van der Waals surface area (Å²) in [5.74, 6) is -0.624. The Bertz CT molecular complexity index is 399. The molecule has 0 spiro atoms. The minimum Gasteiger partial charge on any atom is -0.399 e. The average molecular weight is 176 g/mol. The van der Waals surface area contributed by atoms with Crippen LogP contribution in [-0.2, 0) is 11.2 Å². The van der Waals surface area contributed by atoms with E-state index in [4.69, 9.17) is 5.73 Å². The summed E-state index contributed by atoms with van der Waals surface area (Å²) in [6.45, 7) is 0. The highest BCUT2D eigenvalue weighted by Gasteiger charge is 2.21. The van der Waals surface area contributed by atoms with Crippen LogP contribution in [0.15, 0.2) is 18.2 Å². The van der Waals surface area contributed by atoms with E-state index < -0.39 is 0 Å². The van der Waals surface area contributed by atoms with Gasteiger partial charge in [0.25, 0.3) is 5.91 Å². The molecule has 0 unspecified atom stereocenters.